The Kier molecular flexibility index (Phi) is 3.88. The summed E-state index contributed by atoms with van der Waals surface area (Å²) in [5, 5.41) is 12.6. The Bertz CT molecular complexity index is 554. The molecule has 0 bridgehead atoms. The molecule has 0 saturated carbocycles. The number of carbonyl (C=O) groups is 1. The number of nitrogens with zero attached hydrogens (tertiary/aromatic N) is 2. The maximum Gasteiger partial charge on any atom is 0.357 e. The lowest BCUT2D eigenvalue weighted by atomic mass is 10.1. The van der Waals surface area contributed by atoms with Crippen molar-refractivity contribution in [3.05, 3.63) is 40.8 Å². The van der Waals surface area contributed by atoms with Crippen molar-refractivity contribution in [3.63, 3.8) is 0 Å². The second-order valence-corrected chi connectivity index (χ2v) is 4.51. The fourth-order valence-electron chi connectivity index (χ4n) is 1.64. The molecule has 0 atom stereocenters. The van der Waals surface area contributed by atoms with Gasteiger partial charge in [-0.1, -0.05) is 13.0 Å². The highest BCUT2D eigenvalue weighted by Gasteiger charge is 2.13. The molecule has 2 aromatic heterocycles. The zero-order valence-electron chi connectivity index (χ0n) is 9.88. The van der Waals surface area contributed by atoms with E-state index < -0.39 is 5.97 Å². The van der Waals surface area contributed by atoms with Gasteiger partial charge in [-0.15, -0.1) is 11.3 Å². The molecule has 0 aliphatic rings. The van der Waals surface area contributed by atoms with Crippen molar-refractivity contribution in [2.75, 3.05) is 5.32 Å². The third-order valence-corrected chi connectivity index (χ3v) is 3.34. The first-order valence-electron chi connectivity index (χ1n) is 5.55. The molecule has 0 unspecified atom stereocenters. The molecule has 5 nitrogen and oxygen atoms in total. The number of aromatic carboxylic acids is 1. The molecule has 0 radical (unpaired) electrons. The van der Waals surface area contributed by atoms with Crippen LogP contribution in [0.4, 0.5) is 5.00 Å². The van der Waals surface area contributed by atoms with Crippen molar-refractivity contribution >= 4 is 22.3 Å². The summed E-state index contributed by atoms with van der Waals surface area (Å²) in [7, 11) is 0. The van der Waals surface area contributed by atoms with Gasteiger partial charge in [-0.3, -0.25) is 4.98 Å². The molecule has 0 aliphatic heterocycles. The number of hydrogen-bond donors (Lipinski definition) is 2. The van der Waals surface area contributed by atoms with Gasteiger partial charge in [0.15, 0.2) is 5.69 Å². The monoisotopic (exact) mass is 263 g/mol. The number of rotatable bonds is 5. The zero-order chi connectivity index (χ0) is 13.0. The number of carboxylic acid groups (broad SMARTS) is 1. The first kappa shape index (κ1) is 12.5. The maximum atomic E-state index is 10.9. The van der Waals surface area contributed by atoms with Crippen molar-refractivity contribution < 1.29 is 9.90 Å². The molecule has 94 valence electrons. The van der Waals surface area contributed by atoms with Gasteiger partial charge in [-0.25, -0.2) is 9.78 Å². The summed E-state index contributed by atoms with van der Waals surface area (Å²) in [5.74, 6) is -1.02. The van der Waals surface area contributed by atoms with E-state index in [1.54, 1.807) is 6.20 Å². The van der Waals surface area contributed by atoms with Crippen molar-refractivity contribution in [1.29, 1.82) is 0 Å². The Balaban J connectivity index is 2.11. The zero-order valence-corrected chi connectivity index (χ0v) is 10.7. The summed E-state index contributed by atoms with van der Waals surface area (Å²) in [6.07, 6.45) is 2.64. The second kappa shape index (κ2) is 5.59. The molecule has 2 N–H and O–H groups in total. The van der Waals surface area contributed by atoms with Crippen LogP contribution in [-0.2, 0) is 13.0 Å². The van der Waals surface area contributed by atoms with Gasteiger partial charge in [0, 0.05) is 6.20 Å². The fourth-order valence-corrected chi connectivity index (χ4v) is 2.31. The lowest BCUT2D eigenvalue weighted by molar-refractivity contribution is 0.0692. The molecule has 0 saturated heterocycles. The van der Waals surface area contributed by atoms with Gasteiger partial charge in [-0.2, -0.15) is 0 Å². The number of aryl methyl sites for hydroxylation is 1. The molecule has 2 aromatic rings. The third-order valence-electron chi connectivity index (χ3n) is 2.55. The van der Waals surface area contributed by atoms with Crippen LogP contribution in [0.3, 0.4) is 0 Å². The van der Waals surface area contributed by atoms with Gasteiger partial charge < -0.3 is 10.4 Å². The number of anilines is 1. The summed E-state index contributed by atoms with van der Waals surface area (Å²) in [5.41, 5.74) is 3.68. The van der Waals surface area contributed by atoms with Gasteiger partial charge in [0.05, 0.1) is 17.7 Å². The minimum atomic E-state index is -1.02. The molecule has 2 heterocycles. The maximum absolute atomic E-state index is 10.9. The summed E-state index contributed by atoms with van der Waals surface area (Å²) >= 11 is 1.28. The normalized spacial score (nSPS) is 10.3. The Hall–Kier alpha value is -1.95. The fraction of sp³-hybridized carbons (Fsp3) is 0.250. The summed E-state index contributed by atoms with van der Waals surface area (Å²) in [6, 6.07) is 3.92. The topological polar surface area (TPSA) is 75.1 Å². The van der Waals surface area contributed by atoms with E-state index in [0.29, 0.717) is 11.5 Å². The highest BCUT2D eigenvalue weighted by molar-refractivity contribution is 7.14. The van der Waals surface area contributed by atoms with E-state index in [0.717, 1.165) is 17.7 Å². The van der Waals surface area contributed by atoms with E-state index >= 15 is 0 Å². The summed E-state index contributed by atoms with van der Waals surface area (Å²) in [4.78, 5) is 19.0. The Labute approximate surface area is 109 Å². The van der Waals surface area contributed by atoms with Gasteiger partial charge in [-0.05, 0) is 18.1 Å². The van der Waals surface area contributed by atoms with Crippen LogP contribution >= 0.6 is 11.3 Å². The average molecular weight is 263 g/mol. The summed E-state index contributed by atoms with van der Waals surface area (Å²) in [6.45, 7) is 2.57. The van der Waals surface area contributed by atoms with Crippen LogP contribution in [0, 0.1) is 0 Å². The number of nitrogens with one attached hydrogen (secondary N) is 1. The van der Waals surface area contributed by atoms with E-state index in [4.69, 9.17) is 5.11 Å². The smallest absolute Gasteiger partial charge is 0.357 e. The average Bonchev–Trinajstić information content (AvgIpc) is 2.85. The van der Waals surface area contributed by atoms with E-state index in [1.165, 1.54) is 16.8 Å². The van der Waals surface area contributed by atoms with Crippen molar-refractivity contribution in [1.82, 2.24) is 9.97 Å². The molecular weight excluding hydrogens is 250 g/mol. The van der Waals surface area contributed by atoms with E-state index in [-0.39, 0.29) is 5.69 Å². The second-order valence-electron chi connectivity index (χ2n) is 3.65. The van der Waals surface area contributed by atoms with Gasteiger partial charge in [0.1, 0.15) is 5.00 Å². The van der Waals surface area contributed by atoms with Crippen LogP contribution in [0.2, 0.25) is 0 Å². The van der Waals surface area contributed by atoms with E-state index in [9.17, 15) is 4.79 Å². The van der Waals surface area contributed by atoms with Crippen LogP contribution in [0.5, 0.6) is 0 Å². The Morgan fingerprint density at radius 2 is 2.33 bits per heavy atom. The molecule has 0 spiro atoms. The van der Waals surface area contributed by atoms with Gasteiger partial charge >= 0.3 is 5.97 Å². The standard InChI is InChI=1S/C12H13N3O2S/c1-2-8-4-3-5-13-9(8)6-14-11-10(12(16)17)15-7-18-11/h3-5,7,14H,2,6H2,1H3,(H,16,17). The van der Waals surface area contributed by atoms with Crippen molar-refractivity contribution in [2.24, 2.45) is 0 Å². The number of thiazole rings is 1. The molecular formula is C12H13N3O2S. The minimum absolute atomic E-state index is 0.0639. The van der Waals surface area contributed by atoms with E-state index in [1.807, 2.05) is 12.1 Å². The van der Waals surface area contributed by atoms with Crippen LogP contribution in [0.25, 0.3) is 0 Å². The lowest BCUT2D eigenvalue weighted by Crippen LogP contribution is -2.07. The molecule has 0 aromatic carbocycles. The predicted octanol–water partition coefficient (Wildman–Crippen LogP) is 2.41. The number of carboxylic acids is 1. The third kappa shape index (κ3) is 2.65. The lowest BCUT2D eigenvalue weighted by Gasteiger charge is -2.07. The Morgan fingerprint density at radius 1 is 1.50 bits per heavy atom. The molecule has 0 amide bonds. The summed E-state index contributed by atoms with van der Waals surface area (Å²) < 4.78 is 0. The molecule has 0 fully saturated rings. The molecule has 6 heteroatoms. The first-order valence-corrected chi connectivity index (χ1v) is 6.43. The van der Waals surface area contributed by atoms with Gasteiger partial charge in [0.25, 0.3) is 0 Å². The quantitative estimate of drug-likeness (QED) is 0.866. The Morgan fingerprint density at radius 3 is 3.06 bits per heavy atom. The highest BCUT2D eigenvalue weighted by atomic mass is 32.1. The van der Waals surface area contributed by atoms with Crippen LogP contribution in [0.15, 0.2) is 23.8 Å². The predicted molar refractivity (Wildman–Crippen MR) is 70.0 cm³/mol. The van der Waals surface area contributed by atoms with E-state index in [2.05, 4.69) is 22.2 Å². The van der Waals surface area contributed by atoms with Crippen molar-refractivity contribution in [3.8, 4) is 0 Å². The molecule has 0 aliphatic carbocycles. The minimum Gasteiger partial charge on any atom is -0.476 e. The first-order chi connectivity index (χ1) is 8.72. The van der Waals surface area contributed by atoms with Crippen LogP contribution in [0.1, 0.15) is 28.7 Å². The van der Waals surface area contributed by atoms with Crippen LogP contribution < -0.4 is 5.32 Å². The highest BCUT2D eigenvalue weighted by Crippen LogP contribution is 2.21. The molecule has 18 heavy (non-hydrogen) atoms. The largest absolute Gasteiger partial charge is 0.476 e. The van der Waals surface area contributed by atoms with Crippen molar-refractivity contribution in [2.45, 2.75) is 19.9 Å². The number of hydrogen-bond acceptors (Lipinski definition) is 5. The SMILES string of the molecule is CCc1cccnc1CNc1scnc1C(=O)O. The number of pyridine rings is 1. The van der Waals surface area contributed by atoms with Gasteiger partial charge in [0.2, 0.25) is 0 Å². The van der Waals surface area contributed by atoms with Crippen LogP contribution in [-0.4, -0.2) is 21.0 Å². The molecule has 2 rings (SSSR count). The number of aromatic nitrogens is 2.